The van der Waals surface area contributed by atoms with Crippen molar-refractivity contribution in [3.63, 3.8) is 0 Å². The lowest BCUT2D eigenvalue weighted by atomic mass is 10.1. The Morgan fingerprint density at radius 3 is 2.20 bits per heavy atom. The minimum Gasteiger partial charge on any atom is -0.494 e. The maximum Gasteiger partial charge on any atom is 0.246 e. The van der Waals surface area contributed by atoms with Gasteiger partial charge in [0, 0.05) is 12.7 Å². The summed E-state index contributed by atoms with van der Waals surface area (Å²) >= 11 is 0. The molecule has 0 spiro atoms. The van der Waals surface area contributed by atoms with Gasteiger partial charge < -0.3 is 14.7 Å². The molecule has 1 N–H and O–H groups in total. The highest BCUT2D eigenvalue weighted by atomic mass is 16.5. The third-order valence-electron chi connectivity index (χ3n) is 3.13. The number of aliphatic hydroxyl groups is 1. The predicted octanol–water partition coefficient (Wildman–Crippen LogP) is 1.36. The van der Waals surface area contributed by atoms with Crippen molar-refractivity contribution in [3.8, 4) is 5.75 Å². The molecule has 1 aromatic carbocycles. The second-order valence-electron chi connectivity index (χ2n) is 4.97. The number of ether oxygens (including phenoxy) is 1. The van der Waals surface area contributed by atoms with E-state index in [0.29, 0.717) is 6.61 Å². The average molecular weight is 280 g/mol. The highest BCUT2D eigenvalue weighted by Gasteiger charge is 2.29. The van der Waals surface area contributed by atoms with E-state index in [0.717, 1.165) is 11.4 Å². The van der Waals surface area contributed by atoms with Gasteiger partial charge in [-0.25, -0.2) is 0 Å². The van der Waals surface area contributed by atoms with Gasteiger partial charge >= 0.3 is 0 Å². The summed E-state index contributed by atoms with van der Waals surface area (Å²) in [5.74, 6) is 0.631. The molecule has 0 heterocycles. The lowest BCUT2D eigenvalue weighted by Crippen LogP contribution is -2.50. The smallest absolute Gasteiger partial charge is 0.246 e. The summed E-state index contributed by atoms with van der Waals surface area (Å²) in [5, 5.41) is 9.75. The molecule has 0 radical (unpaired) electrons. The number of rotatable bonds is 6. The molecule has 2 atom stereocenters. The number of hydrogen-bond acceptors (Lipinski definition) is 4. The zero-order chi connectivity index (χ0) is 15.3. The number of amides is 1. The number of carbonyl (C=O) groups is 1. The SMILES string of the molecule is CCOc1ccc(N(C)C(=O)C(C(C)O)N(C)C)cc1. The van der Waals surface area contributed by atoms with E-state index >= 15 is 0 Å². The molecule has 112 valence electrons. The van der Waals surface area contributed by atoms with Gasteiger partial charge in [0.1, 0.15) is 11.8 Å². The summed E-state index contributed by atoms with van der Waals surface area (Å²) in [6, 6.07) is 6.76. The van der Waals surface area contributed by atoms with E-state index < -0.39 is 12.1 Å². The fourth-order valence-electron chi connectivity index (χ4n) is 2.12. The Morgan fingerprint density at radius 1 is 1.25 bits per heavy atom. The fraction of sp³-hybridized carbons (Fsp3) is 0.533. The van der Waals surface area contributed by atoms with Crippen LogP contribution in [0.1, 0.15) is 13.8 Å². The normalized spacial score (nSPS) is 13.9. The summed E-state index contributed by atoms with van der Waals surface area (Å²) < 4.78 is 5.37. The third kappa shape index (κ3) is 3.95. The van der Waals surface area contributed by atoms with Crippen LogP contribution in [0.15, 0.2) is 24.3 Å². The van der Waals surface area contributed by atoms with Gasteiger partial charge in [-0.3, -0.25) is 9.69 Å². The van der Waals surface area contributed by atoms with Gasteiger partial charge in [-0.1, -0.05) is 0 Å². The van der Waals surface area contributed by atoms with Crippen LogP contribution in [0.4, 0.5) is 5.69 Å². The molecule has 0 aliphatic carbocycles. The number of carbonyl (C=O) groups excluding carboxylic acids is 1. The number of benzene rings is 1. The van der Waals surface area contributed by atoms with Crippen LogP contribution in [-0.2, 0) is 4.79 Å². The molecule has 0 fully saturated rings. The topological polar surface area (TPSA) is 53.0 Å². The van der Waals surface area contributed by atoms with Gasteiger partial charge in [0.2, 0.25) is 5.91 Å². The van der Waals surface area contributed by atoms with Crippen molar-refractivity contribution in [1.82, 2.24) is 4.90 Å². The lowest BCUT2D eigenvalue weighted by molar-refractivity contribution is -0.125. The van der Waals surface area contributed by atoms with Gasteiger partial charge in [0.25, 0.3) is 0 Å². The van der Waals surface area contributed by atoms with Crippen molar-refractivity contribution >= 4 is 11.6 Å². The standard InChI is InChI=1S/C15H24N2O3/c1-6-20-13-9-7-12(8-10-13)17(5)15(19)14(11(2)18)16(3)4/h7-11,14,18H,6H2,1-5H3. The summed E-state index contributed by atoms with van der Waals surface area (Å²) in [4.78, 5) is 15.7. The molecule has 5 heteroatoms. The van der Waals surface area contributed by atoms with Crippen LogP contribution in [0.25, 0.3) is 0 Å². The molecule has 0 saturated carbocycles. The molecule has 1 rings (SSSR count). The van der Waals surface area contributed by atoms with Gasteiger partial charge in [0.05, 0.1) is 12.7 Å². The number of aliphatic hydroxyl groups excluding tert-OH is 1. The summed E-state index contributed by atoms with van der Waals surface area (Å²) in [6.45, 7) is 4.15. The van der Waals surface area contributed by atoms with Gasteiger partial charge in [0.15, 0.2) is 0 Å². The minimum absolute atomic E-state index is 0.144. The molecule has 2 unspecified atom stereocenters. The summed E-state index contributed by atoms with van der Waals surface area (Å²) in [7, 11) is 5.26. The number of nitrogens with zero attached hydrogens (tertiary/aromatic N) is 2. The molecular formula is C15H24N2O3. The van der Waals surface area contributed by atoms with Crippen LogP contribution in [0.3, 0.4) is 0 Å². The van der Waals surface area contributed by atoms with E-state index in [2.05, 4.69) is 0 Å². The number of hydrogen-bond donors (Lipinski definition) is 1. The lowest BCUT2D eigenvalue weighted by Gasteiger charge is -2.30. The number of likely N-dealkylation sites (N-methyl/N-ethyl adjacent to an activating group) is 2. The van der Waals surface area contributed by atoms with Gasteiger partial charge in [-0.15, -0.1) is 0 Å². The molecule has 1 amide bonds. The highest BCUT2D eigenvalue weighted by molar-refractivity contribution is 5.97. The van der Waals surface area contributed by atoms with Crippen molar-refractivity contribution < 1.29 is 14.6 Å². The quantitative estimate of drug-likeness (QED) is 0.855. The molecule has 20 heavy (non-hydrogen) atoms. The zero-order valence-electron chi connectivity index (χ0n) is 12.8. The first-order valence-corrected chi connectivity index (χ1v) is 6.73. The fourth-order valence-corrected chi connectivity index (χ4v) is 2.12. The van der Waals surface area contributed by atoms with Crippen LogP contribution in [-0.4, -0.2) is 55.8 Å². The molecule has 5 nitrogen and oxygen atoms in total. The van der Waals surface area contributed by atoms with E-state index in [4.69, 9.17) is 4.74 Å². The van der Waals surface area contributed by atoms with E-state index in [1.54, 1.807) is 37.9 Å². The zero-order valence-corrected chi connectivity index (χ0v) is 12.8. The summed E-state index contributed by atoms with van der Waals surface area (Å²) in [6.07, 6.45) is -0.734. The van der Waals surface area contributed by atoms with Crippen LogP contribution in [0.2, 0.25) is 0 Å². The van der Waals surface area contributed by atoms with Crippen LogP contribution in [0.5, 0.6) is 5.75 Å². The molecule has 0 bridgehead atoms. The molecule has 0 aromatic heterocycles. The molecule has 0 aliphatic rings. The van der Waals surface area contributed by atoms with Crippen molar-refractivity contribution in [2.24, 2.45) is 0 Å². The molecule has 0 aliphatic heterocycles. The molecular weight excluding hydrogens is 256 g/mol. The predicted molar refractivity (Wildman–Crippen MR) is 80.2 cm³/mol. The maximum atomic E-state index is 12.4. The van der Waals surface area contributed by atoms with E-state index in [9.17, 15) is 9.90 Å². The monoisotopic (exact) mass is 280 g/mol. The third-order valence-corrected chi connectivity index (χ3v) is 3.13. The van der Waals surface area contributed by atoms with Crippen molar-refractivity contribution in [2.45, 2.75) is 26.0 Å². The second kappa shape index (κ2) is 7.26. The average Bonchev–Trinajstić information content (AvgIpc) is 2.38. The first-order chi connectivity index (χ1) is 9.38. The van der Waals surface area contributed by atoms with E-state index in [1.165, 1.54) is 0 Å². The van der Waals surface area contributed by atoms with Crippen molar-refractivity contribution in [2.75, 3.05) is 32.6 Å². The second-order valence-corrected chi connectivity index (χ2v) is 4.97. The Labute approximate surface area is 120 Å². The van der Waals surface area contributed by atoms with Crippen molar-refractivity contribution in [1.29, 1.82) is 0 Å². The largest absolute Gasteiger partial charge is 0.494 e. The van der Waals surface area contributed by atoms with Crippen molar-refractivity contribution in [3.05, 3.63) is 24.3 Å². The highest BCUT2D eigenvalue weighted by Crippen LogP contribution is 2.20. The van der Waals surface area contributed by atoms with Crippen LogP contribution in [0, 0.1) is 0 Å². The summed E-state index contributed by atoms with van der Waals surface area (Å²) in [5.41, 5.74) is 0.769. The Hall–Kier alpha value is -1.59. The maximum absolute atomic E-state index is 12.4. The molecule has 1 aromatic rings. The van der Waals surface area contributed by atoms with E-state index in [1.807, 2.05) is 31.2 Å². The minimum atomic E-state index is -0.734. The number of anilines is 1. The van der Waals surface area contributed by atoms with Crippen LogP contribution >= 0.6 is 0 Å². The Bertz CT molecular complexity index is 421. The Balaban J connectivity index is 2.87. The Morgan fingerprint density at radius 2 is 1.80 bits per heavy atom. The van der Waals surface area contributed by atoms with Gasteiger partial charge in [-0.2, -0.15) is 0 Å². The van der Waals surface area contributed by atoms with Gasteiger partial charge in [-0.05, 0) is 52.2 Å². The molecule has 0 saturated heterocycles. The first-order valence-electron chi connectivity index (χ1n) is 6.73. The van der Waals surface area contributed by atoms with E-state index in [-0.39, 0.29) is 5.91 Å². The first kappa shape index (κ1) is 16.5. The Kier molecular flexibility index (Phi) is 5.98. The van der Waals surface area contributed by atoms with Crippen LogP contribution < -0.4 is 9.64 Å².